The SMILES string of the molecule is Cc1ccc(C2=CC(=Cc3cc4c(cc3[N+](=O)[O-])OCO4)C(=O)O2)cc1. The van der Waals surface area contributed by atoms with E-state index in [1.165, 1.54) is 18.2 Å². The molecule has 0 unspecified atom stereocenters. The van der Waals surface area contributed by atoms with Gasteiger partial charge in [-0.05, 0) is 25.1 Å². The number of fused-ring (bicyclic) bond motifs is 1. The lowest BCUT2D eigenvalue weighted by Crippen LogP contribution is -1.98. The molecule has 0 bridgehead atoms. The van der Waals surface area contributed by atoms with E-state index in [-0.39, 0.29) is 23.6 Å². The summed E-state index contributed by atoms with van der Waals surface area (Å²) in [6, 6.07) is 10.3. The highest BCUT2D eigenvalue weighted by Crippen LogP contribution is 2.39. The number of esters is 1. The monoisotopic (exact) mass is 351 g/mol. The number of carbonyl (C=O) groups is 1. The molecule has 26 heavy (non-hydrogen) atoms. The van der Waals surface area contributed by atoms with E-state index >= 15 is 0 Å². The molecule has 0 aromatic heterocycles. The Kier molecular flexibility index (Phi) is 3.69. The molecular formula is C19H13NO6. The number of nitrogens with zero attached hydrogens (tertiary/aromatic N) is 1. The minimum Gasteiger partial charge on any atom is -0.454 e. The van der Waals surface area contributed by atoms with Crippen molar-refractivity contribution in [2.24, 2.45) is 0 Å². The normalized spacial score (nSPS) is 16.6. The quantitative estimate of drug-likeness (QED) is 0.363. The van der Waals surface area contributed by atoms with E-state index in [4.69, 9.17) is 14.2 Å². The standard InChI is InChI=1S/C19H13NO6/c1-11-2-4-12(5-3-11)16-8-14(19(21)26-16)6-13-7-17-18(25-10-24-17)9-15(13)20(22)23/h2-9H,10H2,1H3. The van der Waals surface area contributed by atoms with E-state index in [9.17, 15) is 14.9 Å². The van der Waals surface area contributed by atoms with Gasteiger partial charge in [-0.2, -0.15) is 0 Å². The molecule has 2 aliphatic rings. The first-order chi connectivity index (χ1) is 12.5. The average molecular weight is 351 g/mol. The summed E-state index contributed by atoms with van der Waals surface area (Å²) in [6.07, 6.45) is 2.99. The van der Waals surface area contributed by atoms with Crippen molar-refractivity contribution in [3.05, 3.63) is 74.9 Å². The topological polar surface area (TPSA) is 87.9 Å². The Balaban J connectivity index is 1.75. The molecule has 4 rings (SSSR count). The predicted octanol–water partition coefficient (Wildman–Crippen LogP) is 3.61. The van der Waals surface area contributed by atoms with Crippen LogP contribution in [0, 0.1) is 17.0 Å². The Bertz CT molecular complexity index is 988. The van der Waals surface area contributed by atoms with E-state index in [0.717, 1.165) is 11.1 Å². The molecule has 0 spiro atoms. The summed E-state index contributed by atoms with van der Waals surface area (Å²) in [5.74, 6) is 0.553. The molecule has 0 aliphatic carbocycles. The first-order valence-electron chi connectivity index (χ1n) is 7.82. The third-order valence-electron chi connectivity index (χ3n) is 4.09. The molecule has 0 saturated heterocycles. The second-order valence-electron chi connectivity index (χ2n) is 5.89. The van der Waals surface area contributed by atoms with Gasteiger partial charge in [0.1, 0.15) is 5.76 Å². The van der Waals surface area contributed by atoms with Gasteiger partial charge in [0, 0.05) is 5.56 Å². The first kappa shape index (κ1) is 15.9. The molecule has 130 valence electrons. The summed E-state index contributed by atoms with van der Waals surface area (Å²) in [7, 11) is 0. The number of aryl methyl sites for hydroxylation is 1. The largest absolute Gasteiger partial charge is 0.454 e. The summed E-state index contributed by atoms with van der Waals surface area (Å²) in [6.45, 7) is 1.97. The van der Waals surface area contributed by atoms with Crippen molar-refractivity contribution in [1.82, 2.24) is 0 Å². The average Bonchev–Trinajstić information content (AvgIpc) is 3.21. The summed E-state index contributed by atoms with van der Waals surface area (Å²) in [5.41, 5.74) is 2.14. The molecule has 7 heteroatoms. The second-order valence-corrected chi connectivity index (χ2v) is 5.89. The fourth-order valence-corrected chi connectivity index (χ4v) is 2.74. The summed E-state index contributed by atoms with van der Waals surface area (Å²) in [5, 5.41) is 11.3. The fourth-order valence-electron chi connectivity index (χ4n) is 2.74. The van der Waals surface area contributed by atoms with Gasteiger partial charge in [0.15, 0.2) is 11.5 Å². The maximum atomic E-state index is 12.2. The van der Waals surface area contributed by atoms with Crippen LogP contribution in [0.25, 0.3) is 11.8 Å². The molecule has 0 fully saturated rings. The maximum absolute atomic E-state index is 12.2. The van der Waals surface area contributed by atoms with Gasteiger partial charge >= 0.3 is 5.97 Å². The number of nitro benzene ring substituents is 1. The van der Waals surface area contributed by atoms with Gasteiger partial charge < -0.3 is 14.2 Å². The van der Waals surface area contributed by atoms with E-state index in [0.29, 0.717) is 17.3 Å². The van der Waals surface area contributed by atoms with Gasteiger partial charge in [-0.25, -0.2) is 4.79 Å². The minimum absolute atomic E-state index is 0.00598. The number of benzene rings is 2. The molecule has 0 saturated carbocycles. The number of hydrogen-bond donors (Lipinski definition) is 0. The van der Waals surface area contributed by atoms with Crippen molar-refractivity contribution in [3.63, 3.8) is 0 Å². The number of cyclic esters (lactones) is 1. The Hall–Kier alpha value is -3.61. The number of hydrogen-bond acceptors (Lipinski definition) is 6. The van der Waals surface area contributed by atoms with Crippen molar-refractivity contribution < 1.29 is 23.9 Å². The molecule has 0 N–H and O–H groups in total. The lowest BCUT2D eigenvalue weighted by atomic mass is 10.1. The van der Waals surface area contributed by atoms with Crippen LogP contribution in [-0.2, 0) is 9.53 Å². The Labute approximate surface area is 148 Å². The molecule has 0 atom stereocenters. The molecule has 2 aromatic rings. The lowest BCUT2D eigenvalue weighted by molar-refractivity contribution is -0.385. The summed E-state index contributed by atoms with van der Waals surface area (Å²) >= 11 is 0. The number of carbonyl (C=O) groups excluding carboxylic acids is 1. The first-order valence-corrected chi connectivity index (χ1v) is 7.82. The van der Waals surface area contributed by atoms with E-state index in [1.807, 2.05) is 31.2 Å². The van der Waals surface area contributed by atoms with Crippen molar-refractivity contribution in [1.29, 1.82) is 0 Å². The highest BCUT2D eigenvalue weighted by molar-refractivity contribution is 6.05. The highest BCUT2D eigenvalue weighted by atomic mass is 16.7. The molecule has 0 amide bonds. The zero-order valence-electron chi connectivity index (χ0n) is 13.7. The van der Waals surface area contributed by atoms with Crippen molar-refractivity contribution in [3.8, 4) is 11.5 Å². The zero-order valence-corrected chi connectivity index (χ0v) is 13.7. The lowest BCUT2D eigenvalue weighted by Gasteiger charge is -2.02. The molecule has 2 aromatic carbocycles. The van der Waals surface area contributed by atoms with Crippen molar-refractivity contribution >= 4 is 23.5 Å². The van der Waals surface area contributed by atoms with Crippen LogP contribution in [0.5, 0.6) is 11.5 Å². The fraction of sp³-hybridized carbons (Fsp3) is 0.105. The van der Waals surface area contributed by atoms with Gasteiger partial charge in [-0.1, -0.05) is 29.8 Å². The smallest absolute Gasteiger partial charge is 0.343 e. The van der Waals surface area contributed by atoms with E-state index in [1.54, 1.807) is 6.08 Å². The molecule has 2 heterocycles. The van der Waals surface area contributed by atoms with Gasteiger partial charge in [-0.3, -0.25) is 10.1 Å². The van der Waals surface area contributed by atoms with Gasteiger partial charge in [0.2, 0.25) is 6.79 Å². The zero-order chi connectivity index (χ0) is 18.3. The van der Waals surface area contributed by atoms with Crippen molar-refractivity contribution in [2.45, 2.75) is 6.92 Å². The van der Waals surface area contributed by atoms with Gasteiger partial charge in [0.25, 0.3) is 5.69 Å². The van der Waals surface area contributed by atoms with Gasteiger partial charge in [0.05, 0.1) is 22.1 Å². The Morgan fingerprint density at radius 2 is 1.81 bits per heavy atom. The minimum atomic E-state index is -0.562. The van der Waals surface area contributed by atoms with E-state index < -0.39 is 10.9 Å². The second kappa shape index (κ2) is 6.03. The third kappa shape index (κ3) is 2.79. The Morgan fingerprint density at radius 1 is 1.12 bits per heavy atom. The molecular weight excluding hydrogens is 338 g/mol. The number of ether oxygens (including phenoxy) is 3. The number of rotatable bonds is 3. The molecule has 2 aliphatic heterocycles. The third-order valence-corrected chi connectivity index (χ3v) is 4.09. The maximum Gasteiger partial charge on any atom is 0.343 e. The van der Waals surface area contributed by atoms with Crippen LogP contribution >= 0.6 is 0 Å². The van der Waals surface area contributed by atoms with Crippen LogP contribution in [0.15, 0.2) is 48.0 Å². The van der Waals surface area contributed by atoms with Crippen LogP contribution < -0.4 is 9.47 Å². The highest BCUT2D eigenvalue weighted by Gasteiger charge is 2.26. The Morgan fingerprint density at radius 3 is 2.50 bits per heavy atom. The van der Waals surface area contributed by atoms with Gasteiger partial charge in [-0.15, -0.1) is 0 Å². The van der Waals surface area contributed by atoms with Crippen LogP contribution in [0.2, 0.25) is 0 Å². The molecule has 0 radical (unpaired) electrons. The summed E-state index contributed by atoms with van der Waals surface area (Å²) in [4.78, 5) is 23.0. The van der Waals surface area contributed by atoms with Crippen LogP contribution in [0.1, 0.15) is 16.7 Å². The van der Waals surface area contributed by atoms with Crippen LogP contribution in [0.4, 0.5) is 5.69 Å². The van der Waals surface area contributed by atoms with Crippen LogP contribution in [-0.4, -0.2) is 17.7 Å². The van der Waals surface area contributed by atoms with E-state index in [2.05, 4.69) is 0 Å². The summed E-state index contributed by atoms with van der Waals surface area (Å²) < 4.78 is 15.7. The molecule has 7 nitrogen and oxygen atoms in total. The predicted molar refractivity (Wildman–Crippen MR) is 92.4 cm³/mol. The van der Waals surface area contributed by atoms with Crippen LogP contribution in [0.3, 0.4) is 0 Å². The number of nitro groups is 1. The van der Waals surface area contributed by atoms with Crippen molar-refractivity contribution in [2.75, 3.05) is 6.79 Å².